The first-order chi connectivity index (χ1) is 15.3. The number of carbonyl (C=O) groups is 1. The van der Waals surface area contributed by atoms with Gasteiger partial charge in [-0.2, -0.15) is 0 Å². The van der Waals surface area contributed by atoms with E-state index < -0.39 is 0 Å². The second-order valence-electron chi connectivity index (χ2n) is 9.03. The third-order valence-corrected chi connectivity index (χ3v) is 7.67. The Hall–Kier alpha value is -1.85. The summed E-state index contributed by atoms with van der Waals surface area (Å²) < 4.78 is 0. The van der Waals surface area contributed by atoms with Crippen molar-refractivity contribution < 1.29 is 4.79 Å². The highest BCUT2D eigenvalue weighted by molar-refractivity contribution is 8.00. The maximum absolute atomic E-state index is 13.2. The van der Waals surface area contributed by atoms with E-state index in [1.807, 2.05) is 30.5 Å². The molecular weight excluding hydrogens is 402 g/mol. The van der Waals surface area contributed by atoms with Gasteiger partial charge in [0.15, 0.2) is 0 Å². The third-order valence-electron chi connectivity index (χ3n) is 6.67. The number of rotatable bonds is 8. The van der Waals surface area contributed by atoms with Crippen LogP contribution in [0.2, 0.25) is 0 Å². The molecule has 2 aromatic rings. The minimum atomic E-state index is 0.229. The summed E-state index contributed by atoms with van der Waals surface area (Å²) in [6.45, 7) is 3.89. The summed E-state index contributed by atoms with van der Waals surface area (Å²) in [7, 11) is 0. The molecule has 1 saturated heterocycles. The second-order valence-corrected chi connectivity index (χ2v) is 10.1. The quantitative estimate of drug-likeness (QED) is 0.529. The van der Waals surface area contributed by atoms with Crippen molar-refractivity contribution in [3.05, 3.63) is 60.4 Å². The summed E-state index contributed by atoms with van der Waals surface area (Å²) in [6, 6.07) is 15.0. The minimum absolute atomic E-state index is 0.229. The lowest BCUT2D eigenvalue weighted by Crippen LogP contribution is -2.47. The number of carbonyl (C=O) groups excluding carboxylic acids is 1. The van der Waals surface area contributed by atoms with E-state index in [0.29, 0.717) is 18.2 Å². The zero-order valence-electron chi connectivity index (χ0n) is 18.5. The predicted molar refractivity (Wildman–Crippen MR) is 128 cm³/mol. The molecule has 166 valence electrons. The summed E-state index contributed by atoms with van der Waals surface area (Å²) in [4.78, 5) is 23.5. The van der Waals surface area contributed by atoms with Crippen molar-refractivity contribution in [3.8, 4) is 0 Å². The largest absolute Gasteiger partial charge is 0.337 e. The number of likely N-dealkylation sites (tertiary alicyclic amines) is 1. The van der Waals surface area contributed by atoms with Crippen LogP contribution in [-0.2, 0) is 11.3 Å². The van der Waals surface area contributed by atoms with Crippen LogP contribution in [0, 0.1) is 5.92 Å². The van der Waals surface area contributed by atoms with E-state index in [2.05, 4.69) is 33.0 Å². The molecule has 0 radical (unpaired) electrons. The van der Waals surface area contributed by atoms with Crippen molar-refractivity contribution in [1.82, 2.24) is 14.8 Å². The zero-order valence-corrected chi connectivity index (χ0v) is 19.3. The minimum Gasteiger partial charge on any atom is -0.337 e. The van der Waals surface area contributed by atoms with E-state index in [9.17, 15) is 4.79 Å². The summed E-state index contributed by atoms with van der Waals surface area (Å²) in [5, 5.41) is 0. The van der Waals surface area contributed by atoms with Gasteiger partial charge in [0.25, 0.3) is 0 Å². The molecule has 4 rings (SSSR count). The van der Waals surface area contributed by atoms with Gasteiger partial charge in [-0.15, -0.1) is 11.8 Å². The number of hydrogen-bond acceptors (Lipinski definition) is 4. The number of aromatic nitrogens is 1. The highest BCUT2D eigenvalue weighted by Crippen LogP contribution is 2.28. The van der Waals surface area contributed by atoms with Crippen LogP contribution in [0.1, 0.15) is 50.5 Å². The van der Waals surface area contributed by atoms with Gasteiger partial charge in [0, 0.05) is 43.0 Å². The van der Waals surface area contributed by atoms with Gasteiger partial charge >= 0.3 is 0 Å². The van der Waals surface area contributed by atoms with Gasteiger partial charge in [-0.1, -0.05) is 43.5 Å². The number of piperidine rings is 1. The molecule has 1 saturated carbocycles. The van der Waals surface area contributed by atoms with E-state index in [-0.39, 0.29) is 5.91 Å². The SMILES string of the molecule is O=C(CSc1ccccc1)N(Cc1cccnc1)C[C@@H]1CCCN(C2CCCCC2)C1. The molecule has 2 heterocycles. The van der Waals surface area contributed by atoms with Gasteiger partial charge in [0.2, 0.25) is 5.91 Å². The Morgan fingerprint density at radius 1 is 1.03 bits per heavy atom. The normalized spacial score (nSPS) is 20.5. The maximum atomic E-state index is 13.2. The molecule has 4 nitrogen and oxygen atoms in total. The Morgan fingerprint density at radius 2 is 1.87 bits per heavy atom. The second kappa shape index (κ2) is 11.7. The molecule has 0 unspecified atom stereocenters. The summed E-state index contributed by atoms with van der Waals surface area (Å²) in [6.07, 6.45) is 13.1. The molecule has 5 heteroatoms. The van der Waals surface area contributed by atoms with Gasteiger partial charge < -0.3 is 9.80 Å². The average Bonchev–Trinajstić information content (AvgIpc) is 2.84. The molecule has 1 amide bonds. The molecule has 1 aliphatic heterocycles. The van der Waals surface area contributed by atoms with Gasteiger partial charge in [0.05, 0.1) is 5.75 Å². The number of nitrogens with zero attached hydrogens (tertiary/aromatic N) is 3. The summed E-state index contributed by atoms with van der Waals surface area (Å²) in [5.74, 6) is 1.29. The van der Waals surface area contributed by atoms with Gasteiger partial charge in [0.1, 0.15) is 0 Å². The summed E-state index contributed by atoms with van der Waals surface area (Å²) in [5.41, 5.74) is 1.11. The van der Waals surface area contributed by atoms with E-state index >= 15 is 0 Å². The van der Waals surface area contributed by atoms with Crippen molar-refractivity contribution in [3.63, 3.8) is 0 Å². The Bertz CT molecular complexity index is 795. The number of thioether (sulfide) groups is 1. The number of hydrogen-bond donors (Lipinski definition) is 0. The number of benzene rings is 1. The van der Waals surface area contributed by atoms with E-state index in [0.717, 1.165) is 29.6 Å². The summed E-state index contributed by atoms with van der Waals surface area (Å²) >= 11 is 1.64. The van der Waals surface area contributed by atoms with Gasteiger partial charge in [-0.3, -0.25) is 9.78 Å². The molecule has 31 heavy (non-hydrogen) atoms. The van der Waals surface area contributed by atoms with Gasteiger partial charge in [-0.05, 0) is 61.9 Å². The van der Waals surface area contributed by atoms with Crippen LogP contribution in [0.15, 0.2) is 59.8 Å². The molecule has 0 N–H and O–H groups in total. The molecule has 0 spiro atoms. The van der Waals surface area contributed by atoms with Crippen LogP contribution in [-0.4, -0.2) is 52.1 Å². The monoisotopic (exact) mass is 437 g/mol. The molecule has 0 bridgehead atoms. The molecule has 1 aromatic heterocycles. The molecule has 1 aromatic carbocycles. The first kappa shape index (κ1) is 22.3. The van der Waals surface area contributed by atoms with Crippen molar-refractivity contribution in [2.45, 2.75) is 62.4 Å². The van der Waals surface area contributed by atoms with Crippen molar-refractivity contribution in [1.29, 1.82) is 0 Å². The zero-order chi connectivity index (χ0) is 21.3. The van der Waals surface area contributed by atoms with Crippen LogP contribution in [0.4, 0.5) is 0 Å². The highest BCUT2D eigenvalue weighted by atomic mass is 32.2. The van der Waals surface area contributed by atoms with E-state index in [1.165, 1.54) is 51.5 Å². The van der Waals surface area contributed by atoms with Crippen LogP contribution in [0.25, 0.3) is 0 Å². The van der Waals surface area contributed by atoms with Crippen molar-refractivity contribution in [2.75, 3.05) is 25.4 Å². The lowest BCUT2D eigenvalue weighted by atomic mass is 9.90. The molecule has 1 atom stereocenters. The fourth-order valence-corrected chi connectivity index (χ4v) is 5.88. The third kappa shape index (κ3) is 6.81. The lowest BCUT2D eigenvalue weighted by molar-refractivity contribution is -0.130. The standard InChI is InChI=1S/C26H35N3OS/c30-26(21-31-25-13-5-2-6-14-25)29(18-22-9-7-15-27-17-22)20-23-10-8-16-28(19-23)24-11-3-1-4-12-24/h2,5-7,9,13-15,17,23-24H,1,3-4,8,10-12,16,18-21H2/t23-/m1/s1. The van der Waals surface area contributed by atoms with Crippen LogP contribution in [0.5, 0.6) is 0 Å². The van der Waals surface area contributed by atoms with Crippen molar-refractivity contribution >= 4 is 17.7 Å². The Morgan fingerprint density at radius 3 is 2.65 bits per heavy atom. The molecule has 2 aliphatic rings. The van der Waals surface area contributed by atoms with E-state index in [1.54, 1.807) is 18.0 Å². The van der Waals surface area contributed by atoms with Crippen LogP contribution in [0.3, 0.4) is 0 Å². The smallest absolute Gasteiger partial charge is 0.233 e. The average molecular weight is 438 g/mol. The van der Waals surface area contributed by atoms with Gasteiger partial charge in [-0.25, -0.2) is 0 Å². The highest BCUT2D eigenvalue weighted by Gasteiger charge is 2.29. The number of pyridine rings is 1. The van der Waals surface area contributed by atoms with Crippen LogP contribution >= 0.6 is 11.8 Å². The topological polar surface area (TPSA) is 36.4 Å². The fraction of sp³-hybridized carbons (Fsp3) is 0.538. The Labute approximate surface area is 191 Å². The molecular formula is C26H35N3OS. The predicted octanol–water partition coefficient (Wildman–Crippen LogP) is 5.25. The molecule has 1 aliphatic carbocycles. The van der Waals surface area contributed by atoms with Crippen molar-refractivity contribution in [2.24, 2.45) is 5.92 Å². The first-order valence-electron chi connectivity index (χ1n) is 11.9. The fourth-order valence-electron chi connectivity index (χ4n) is 5.06. The van der Waals surface area contributed by atoms with Crippen LogP contribution < -0.4 is 0 Å². The molecule has 2 fully saturated rings. The Balaban J connectivity index is 1.38. The Kier molecular flexibility index (Phi) is 8.42. The first-order valence-corrected chi connectivity index (χ1v) is 12.8. The lowest BCUT2D eigenvalue weighted by Gasteiger charge is -2.41. The van der Waals surface area contributed by atoms with E-state index in [4.69, 9.17) is 0 Å². The maximum Gasteiger partial charge on any atom is 0.233 e. The number of amides is 1.